The van der Waals surface area contributed by atoms with Crippen molar-refractivity contribution in [2.24, 2.45) is 5.92 Å². The van der Waals surface area contributed by atoms with E-state index in [1.165, 1.54) is 4.31 Å². The van der Waals surface area contributed by atoms with Crippen molar-refractivity contribution in [3.8, 4) is 0 Å². The molecule has 6 heteroatoms. The molecule has 3 rings (SSSR count). The Morgan fingerprint density at radius 1 is 0.882 bits per heavy atom. The van der Waals surface area contributed by atoms with Gasteiger partial charge in [-0.15, -0.1) is 0 Å². The number of carbonyl (C=O) groups excluding carboxylic acids is 1. The molecule has 1 atom stereocenters. The molecule has 5 nitrogen and oxygen atoms in total. The van der Waals surface area contributed by atoms with Crippen LogP contribution in [0.1, 0.15) is 48.6 Å². The van der Waals surface area contributed by atoms with E-state index in [-0.39, 0.29) is 23.4 Å². The van der Waals surface area contributed by atoms with Crippen LogP contribution in [0.25, 0.3) is 0 Å². The smallest absolute Gasteiger partial charge is 0.264 e. The van der Waals surface area contributed by atoms with Gasteiger partial charge in [0.05, 0.1) is 16.6 Å². The number of benzene rings is 3. The molecule has 0 bridgehead atoms. The van der Waals surface area contributed by atoms with Crippen LogP contribution in [0.3, 0.4) is 0 Å². The fourth-order valence-electron chi connectivity index (χ4n) is 3.93. The molecule has 1 N–H and O–H groups in total. The fraction of sp³-hybridized carbons (Fsp3) is 0.321. The second-order valence-corrected chi connectivity index (χ2v) is 11.1. The molecule has 0 radical (unpaired) electrons. The first kappa shape index (κ1) is 25.5. The predicted octanol–water partition coefficient (Wildman–Crippen LogP) is 5.71. The van der Waals surface area contributed by atoms with Crippen molar-refractivity contribution >= 4 is 21.6 Å². The summed E-state index contributed by atoms with van der Waals surface area (Å²) >= 11 is 0. The molecule has 0 aliphatic heterocycles. The minimum absolute atomic E-state index is 0.161. The van der Waals surface area contributed by atoms with Crippen molar-refractivity contribution in [3.05, 3.63) is 95.1 Å². The van der Waals surface area contributed by atoms with Gasteiger partial charge in [0.1, 0.15) is 6.54 Å². The van der Waals surface area contributed by atoms with E-state index in [1.54, 1.807) is 24.3 Å². The maximum Gasteiger partial charge on any atom is 0.264 e. The number of amides is 1. The Labute approximate surface area is 203 Å². The van der Waals surface area contributed by atoms with Crippen LogP contribution in [0.2, 0.25) is 0 Å². The Morgan fingerprint density at radius 3 is 2.12 bits per heavy atom. The molecule has 3 aromatic carbocycles. The highest BCUT2D eigenvalue weighted by Crippen LogP contribution is 2.28. The maximum atomic E-state index is 13.7. The highest BCUT2D eigenvalue weighted by Gasteiger charge is 2.29. The molecule has 0 fully saturated rings. The topological polar surface area (TPSA) is 66.5 Å². The van der Waals surface area contributed by atoms with Crippen molar-refractivity contribution in [3.63, 3.8) is 0 Å². The third-order valence-corrected chi connectivity index (χ3v) is 7.55. The van der Waals surface area contributed by atoms with Crippen molar-refractivity contribution < 1.29 is 13.2 Å². The summed E-state index contributed by atoms with van der Waals surface area (Å²) < 4.78 is 28.7. The van der Waals surface area contributed by atoms with E-state index in [9.17, 15) is 13.2 Å². The molecule has 180 valence electrons. The SMILES string of the molecule is Cc1ccc(S(=O)(=O)N(CC(=O)NC(CC(C)C)c2ccccc2)c2cc(C)ccc2C)cc1. The number of carbonyl (C=O) groups is 1. The summed E-state index contributed by atoms with van der Waals surface area (Å²) in [7, 11) is -3.96. The van der Waals surface area contributed by atoms with E-state index in [1.807, 2.05) is 69.3 Å². The van der Waals surface area contributed by atoms with Crippen molar-refractivity contribution in [1.29, 1.82) is 0 Å². The zero-order chi connectivity index (χ0) is 24.9. The van der Waals surface area contributed by atoms with E-state index in [2.05, 4.69) is 19.2 Å². The van der Waals surface area contributed by atoms with Crippen LogP contribution in [0, 0.1) is 26.7 Å². The van der Waals surface area contributed by atoms with Gasteiger partial charge in [-0.2, -0.15) is 0 Å². The number of anilines is 1. The maximum absolute atomic E-state index is 13.7. The number of aryl methyl sites for hydroxylation is 3. The highest BCUT2D eigenvalue weighted by atomic mass is 32.2. The van der Waals surface area contributed by atoms with Crippen molar-refractivity contribution in [2.45, 2.75) is 52.0 Å². The summed E-state index contributed by atoms with van der Waals surface area (Å²) in [5.41, 5.74) is 4.19. The summed E-state index contributed by atoms with van der Waals surface area (Å²) in [6.07, 6.45) is 0.754. The number of nitrogens with zero attached hydrogens (tertiary/aromatic N) is 1. The number of rotatable bonds is 9. The minimum Gasteiger partial charge on any atom is -0.348 e. The van der Waals surface area contributed by atoms with Crippen molar-refractivity contribution in [2.75, 3.05) is 10.8 Å². The van der Waals surface area contributed by atoms with E-state index >= 15 is 0 Å². The van der Waals surface area contributed by atoms with Gasteiger partial charge in [-0.3, -0.25) is 9.10 Å². The van der Waals surface area contributed by atoms with Crippen molar-refractivity contribution in [1.82, 2.24) is 5.32 Å². The summed E-state index contributed by atoms with van der Waals surface area (Å²) in [5, 5.41) is 3.09. The first-order valence-electron chi connectivity index (χ1n) is 11.6. The van der Waals surface area contributed by atoms with Crippen LogP contribution in [-0.2, 0) is 14.8 Å². The average molecular weight is 479 g/mol. The molecule has 34 heavy (non-hydrogen) atoms. The molecule has 1 amide bonds. The Morgan fingerprint density at radius 2 is 1.50 bits per heavy atom. The lowest BCUT2D eigenvalue weighted by atomic mass is 9.97. The van der Waals surface area contributed by atoms with Gasteiger partial charge in [-0.1, -0.05) is 74.0 Å². The molecular formula is C28H34N2O3S. The van der Waals surface area contributed by atoms with E-state index < -0.39 is 10.0 Å². The molecule has 0 saturated heterocycles. The molecular weight excluding hydrogens is 444 g/mol. The van der Waals surface area contributed by atoms with Crippen LogP contribution in [0.4, 0.5) is 5.69 Å². The Hall–Kier alpha value is -3.12. The molecule has 0 heterocycles. The van der Waals surface area contributed by atoms with Gasteiger partial charge in [0.2, 0.25) is 5.91 Å². The Balaban J connectivity index is 1.97. The Bertz CT molecular complexity index is 1220. The standard InChI is InChI=1S/C28H34N2O3S/c1-20(2)17-26(24-9-7-6-8-10-24)29-28(31)19-30(27-18-22(4)11-14-23(27)5)34(32,33)25-15-12-21(3)13-16-25/h6-16,18,20,26H,17,19H2,1-5H3,(H,29,31). The Kier molecular flexibility index (Phi) is 8.15. The van der Waals surface area contributed by atoms with Gasteiger partial charge < -0.3 is 5.32 Å². The monoisotopic (exact) mass is 478 g/mol. The molecule has 0 aliphatic carbocycles. The number of nitrogens with one attached hydrogen (secondary N) is 1. The zero-order valence-electron chi connectivity index (χ0n) is 20.6. The zero-order valence-corrected chi connectivity index (χ0v) is 21.4. The van der Waals surface area contributed by atoms with Crippen LogP contribution >= 0.6 is 0 Å². The van der Waals surface area contributed by atoms with Gasteiger partial charge in [0, 0.05) is 0 Å². The van der Waals surface area contributed by atoms with Crippen LogP contribution in [0.15, 0.2) is 77.7 Å². The second kappa shape index (κ2) is 10.9. The first-order valence-corrected chi connectivity index (χ1v) is 13.0. The van der Waals surface area contributed by atoms with E-state index in [0.29, 0.717) is 11.6 Å². The van der Waals surface area contributed by atoms with Crippen LogP contribution < -0.4 is 9.62 Å². The third kappa shape index (κ3) is 6.26. The van der Waals surface area contributed by atoms with Gasteiger partial charge >= 0.3 is 0 Å². The lowest BCUT2D eigenvalue weighted by Crippen LogP contribution is -2.42. The lowest BCUT2D eigenvalue weighted by molar-refractivity contribution is -0.120. The number of sulfonamides is 1. The summed E-state index contributed by atoms with van der Waals surface area (Å²) in [5.74, 6) is 0.0167. The molecule has 0 saturated carbocycles. The third-order valence-electron chi connectivity index (χ3n) is 5.77. The summed E-state index contributed by atoms with van der Waals surface area (Å²) in [6.45, 7) is 9.58. The average Bonchev–Trinajstić information content (AvgIpc) is 2.79. The van der Waals surface area contributed by atoms with Gasteiger partial charge in [0.25, 0.3) is 10.0 Å². The molecule has 0 aliphatic rings. The minimum atomic E-state index is -3.96. The van der Waals surface area contributed by atoms with E-state index in [4.69, 9.17) is 0 Å². The second-order valence-electron chi connectivity index (χ2n) is 9.28. The van der Waals surface area contributed by atoms with Crippen LogP contribution in [-0.4, -0.2) is 20.9 Å². The molecule has 3 aromatic rings. The lowest BCUT2D eigenvalue weighted by Gasteiger charge is -2.28. The van der Waals surface area contributed by atoms with Gasteiger partial charge in [0.15, 0.2) is 0 Å². The van der Waals surface area contributed by atoms with Gasteiger partial charge in [-0.05, 0) is 68.0 Å². The molecule has 0 spiro atoms. The first-order chi connectivity index (χ1) is 16.1. The van der Waals surface area contributed by atoms with Crippen LogP contribution in [0.5, 0.6) is 0 Å². The fourth-order valence-corrected chi connectivity index (χ4v) is 5.41. The van der Waals surface area contributed by atoms with Gasteiger partial charge in [-0.25, -0.2) is 8.42 Å². The normalized spacial score (nSPS) is 12.4. The highest BCUT2D eigenvalue weighted by molar-refractivity contribution is 7.92. The largest absolute Gasteiger partial charge is 0.348 e. The molecule has 1 unspecified atom stereocenters. The predicted molar refractivity (Wildman–Crippen MR) is 138 cm³/mol. The summed E-state index contributed by atoms with van der Waals surface area (Å²) in [4.78, 5) is 13.5. The van der Waals surface area contributed by atoms with E-state index in [0.717, 1.165) is 28.7 Å². The molecule has 0 aromatic heterocycles. The number of hydrogen-bond donors (Lipinski definition) is 1. The quantitative estimate of drug-likeness (QED) is 0.428. The summed E-state index contributed by atoms with van der Waals surface area (Å²) in [6, 6.07) is 21.9. The number of hydrogen-bond acceptors (Lipinski definition) is 3.